The van der Waals surface area contributed by atoms with Gasteiger partial charge >= 0.3 is 0 Å². The molecule has 1 aliphatic heterocycles. The molecule has 0 radical (unpaired) electrons. The first-order valence-electron chi connectivity index (χ1n) is 7.16. The molecule has 110 valence electrons. The molecule has 2 aromatic rings. The van der Waals surface area contributed by atoms with E-state index in [0.29, 0.717) is 11.0 Å². The van der Waals surface area contributed by atoms with Crippen LogP contribution >= 0.6 is 12.2 Å². The second kappa shape index (κ2) is 5.95. The van der Waals surface area contributed by atoms with Crippen molar-refractivity contribution in [2.45, 2.75) is 18.9 Å². The van der Waals surface area contributed by atoms with Gasteiger partial charge in [0.05, 0.1) is 16.8 Å². The highest BCUT2D eigenvalue weighted by Crippen LogP contribution is 2.31. The quantitative estimate of drug-likeness (QED) is 0.883. The van der Waals surface area contributed by atoms with Crippen LogP contribution in [0, 0.1) is 0 Å². The van der Waals surface area contributed by atoms with Crippen molar-refractivity contribution in [3.63, 3.8) is 0 Å². The maximum Gasteiger partial charge on any atom is 0.107 e. The summed E-state index contributed by atoms with van der Waals surface area (Å²) in [5, 5.41) is 1.09. The molecule has 1 saturated heterocycles. The number of nitrogens with two attached hydrogens (primary N) is 1. The molecule has 0 atom stereocenters. The van der Waals surface area contributed by atoms with Crippen molar-refractivity contribution < 1.29 is 4.74 Å². The Morgan fingerprint density at radius 3 is 2.76 bits per heavy atom. The van der Waals surface area contributed by atoms with E-state index >= 15 is 0 Å². The monoisotopic (exact) mass is 301 g/mol. The lowest BCUT2D eigenvalue weighted by atomic mass is 10.0. The first kappa shape index (κ1) is 14.2. The minimum absolute atomic E-state index is 0.391. The Bertz CT molecular complexity index is 668. The molecule has 1 aromatic carbocycles. The number of nitrogens with zero attached hydrogens (tertiary/aromatic N) is 2. The van der Waals surface area contributed by atoms with Crippen molar-refractivity contribution >= 4 is 33.8 Å². The third-order valence-corrected chi connectivity index (χ3v) is 4.32. The summed E-state index contributed by atoms with van der Waals surface area (Å²) in [6.07, 6.45) is 3.82. The number of anilines is 1. The Balaban J connectivity index is 2.13. The highest BCUT2D eigenvalue weighted by atomic mass is 32.1. The molecule has 1 aromatic heterocycles. The van der Waals surface area contributed by atoms with Gasteiger partial charge in [-0.15, -0.1) is 0 Å². The van der Waals surface area contributed by atoms with Gasteiger partial charge in [-0.1, -0.05) is 30.4 Å². The summed E-state index contributed by atoms with van der Waals surface area (Å²) in [5.74, 6) is 0. The summed E-state index contributed by atoms with van der Waals surface area (Å²) >= 11 is 5.22. The van der Waals surface area contributed by atoms with Crippen LogP contribution in [0.1, 0.15) is 18.4 Å². The van der Waals surface area contributed by atoms with Crippen LogP contribution in [0.4, 0.5) is 5.69 Å². The maximum atomic E-state index is 5.91. The van der Waals surface area contributed by atoms with E-state index in [-0.39, 0.29) is 0 Å². The predicted molar refractivity (Wildman–Crippen MR) is 89.9 cm³/mol. The van der Waals surface area contributed by atoms with Gasteiger partial charge in [0, 0.05) is 37.9 Å². The zero-order valence-electron chi connectivity index (χ0n) is 12.1. The van der Waals surface area contributed by atoms with Gasteiger partial charge in [-0.05, 0) is 18.9 Å². The Kier molecular flexibility index (Phi) is 4.03. The molecule has 2 N–H and O–H groups in total. The summed E-state index contributed by atoms with van der Waals surface area (Å²) < 4.78 is 5.46. The Morgan fingerprint density at radius 1 is 1.33 bits per heavy atom. The molecule has 3 rings (SSSR count). The Morgan fingerprint density at radius 2 is 2.05 bits per heavy atom. The fourth-order valence-corrected chi connectivity index (χ4v) is 3.09. The van der Waals surface area contributed by atoms with Gasteiger partial charge in [0.15, 0.2) is 0 Å². The van der Waals surface area contributed by atoms with Crippen molar-refractivity contribution in [2.24, 2.45) is 5.73 Å². The van der Waals surface area contributed by atoms with Crippen LogP contribution in [0.25, 0.3) is 10.9 Å². The van der Waals surface area contributed by atoms with Crippen LogP contribution in [0.15, 0.2) is 30.5 Å². The second-order valence-corrected chi connectivity index (χ2v) is 5.80. The standard InChI is InChI=1S/C16H19N3OS/c1-19(11-6-8-20-9-7-11)15-12-4-2-3-5-14(12)18-10-13(15)16(17)21/h2-5,10-11H,6-9H2,1H3,(H2,17,21). The van der Waals surface area contributed by atoms with Gasteiger partial charge in [-0.2, -0.15) is 0 Å². The molecule has 0 spiro atoms. The van der Waals surface area contributed by atoms with Gasteiger partial charge in [0.25, 0.3) is 0 Å². The van der Waals surface area contributed by atoms with Crippen LogP contribution in [0.2, 0.25) is 0 Å². The van der Waals surface area contributed by atoms with E-state index in [9.17, 15) is 0 Å². The number of rotatable bonds is 3. The van der Waals surface area contributed by atoms with E-state index in [1.165, 1.54) is 0 Å². The number of hydrogen-bond acceptors (Lipinski definition) is 4. The minimum atomic E-state index is 0.391. The van der Waals surface area contributed by atoms with Crippen LogP contribution in [0.5, 0.6) is 0 Å². The fourth-order valence-electron chi connectivity index (χ4n) is 2.94. The van der Waals surface area contributed by atoms with E-state index in [0.717, 1.165) is 48.2 Å². The van der Waals surface area contributed by atoms with Crippen molar-refractivity contribution in [1.82, 2.24) is 4.98 Å². The summed E-state index contributed by atoms with van der Waals surface area (Å²) in [6, 6.07) is 8.55. The molecule has 1 aliphatic rings. The first-order chi connectivity index (χ1) is 10.2. The number of benzene rings is 1. The number of pyridine rings is 1. The summed E-state index contributed by atoms with van der Waals surface area (Å²) in [5.41, 5.74) is 8.81. The van der Waals surface area contributed by atoms with Gasteiger partial charge in [-0.25, -0.2) is 0 Å². The van der Waals surface area contributed by atoms with Crippen molar-refractivity contribution in [2.75, 3.05) is 25.2 Å². The van der Waals surface area contributed by atoms with Crippen LogP contribution in [-0.4, -0.2) is 36.3 Å². The highest BCUT2D eigenvalue weighted by molar-refractivity contribution is 7.80. The van der Waals surface area contributed by atoms with Crippen LogP contribution < -0.4 is 10.6 Å². The van der Waals surface area contributed by atoms with Gasteiger partial charge in [0.2, 0.25) is 0 Å². The number of para-hydroxylation sites is 1. The molecule has 4 nitrogen and oxygen atoms in total. The van der Waals surface area contributed by atoms with Gasteiger partial charge in [0.1, 0.15) is 4.99 Å². The van der Waals surface area contributed by atoms with Gasteiger partial charge < -0.3 is 15.4 Å². The van der Waals surface area contributed by atoms with E-state index in [2.05, 4.69) is 23.0 Å². The average Bonchev–Trinajstić information content (AvgIpc) is 2.53. The number of fused-ring (bicyclic) bond motifs is 1. The lowest BCUT2D eigenvalue weighted by Crippen LogP contribution is -2.37. The summed E-state index contributed by atoms with van der Waals surface area (Å²) in [6.45, 7) is 1.61. The number of ether oxygens (including phenoxy) is 1. The summed E-state index contributed by atoms with van der Waals surface area (Å²) in [4.78, 5) is 7.16. The van der Waals surface area contributed by atoms with E-state index in [4.69, 9.17) is 22.7 Å². The fraction of sp³-hybridized carbons (Fsp3) is 0.375. The highest BCUT2D eigenvalue weighted by Gasteiger charge is 2.23. The second-order valence-electron chi connectivity index (χ2n) is 5.36. The molecular weight excluding hydrogens is 282 g/mol. The van der Waals surface area contributed by atoms with Crippen molar-refractivity contribution in [1.29, 1.82) is 0 Å². The molecule has 0 unspecified atom stereocenters. The smallest absolute Gasteiger partial charge is 0.107 e. The average molecular weight is 301 g/mol. The normalized spacial score (nSPS) is 16.0. The largest absolute Gasteiger partial charge is 0.389 e. The lowest BCUT2D eigenvalue weighted by molar-refractivity contribution is 0.0855. The lowest BCUT2D eigenvalue weighted by Gasteiger charge is -2.34. The van der Waals surface area contributed by atoms with Crippen molar-refractivity contribution in [3.8, 4) is 0 Å². The molecule has 1 fully saturated rings. The maximum absolute atomic E-state index is 5.91. The molecule has 0 bridgehead atoms. The Labute approximate surface area is 129 Å². The number of hydrogen-bond donors (Lipinski definition) is 1. The topological polar surface area (TPSA) is 51.4 Å². The predicted octanol–water partition coefficient (Wildman–Crippen LogP) is 2.48. The van der Waals surface area contributed by atoms with Gasteiger partial charge in [-0.3, -0.25) is 4.98 Å². The third-order valence-electron chi connectivity index (χ3n) is 4.10. The zero-order valence-corrected chi connectivity index (χ0v) is 12.9. The van der Waals surface area contributed by atoms with Crippen LogP contribution in [-0.2, 0) is 4.74 Å². The third kappa shape index (κ3) is 2.71. The SMILES string of the molecule is CN(c1c(C(N)=S)cnc2ccccc12)C1CCOCC1. The molecule has 0 aliphatic carbocycles. The van der Waals surface area contributed by atoms with E-state index in [1.54, 1.807) is 6.20 Å². The van der Waals surface area contributed by atoms with E-state index < -0.39 is 0 Å². The first-order valence-corrected chi connectivity index (χ1v) is 7.57. The molecule has 5 heteroatoms. The van der Waals surface area contributed by atoms with Crippen molar-refractivity contribution in [3.05, 3.63) is 36.0 Å². The molecule has 21 heavy (non-hydrogen) atoms. The van der Waals surface area contributed by atoms with Crippen LogP contribution in [0.3, 0.4) is 0 Å². The van der Waals surface area contributed by atoms with E-state index in [1.807, 2.05) is 18.2 Å². The molecule has 0 amide bonds. The minimum Gasteiger partial charge on any atom is -0.389 e. The summed E-state index contributed by atoms with van der Waals surface area (Å²) in [7, 11) is 2.11. The molecular formula is C16H19N3OS. The molecule has 0 saturated carbocycles. The number of aromatic nitrogens is 1. The number of thiocarbonyl (C=S) groups is 1. The zero-order chi connectivity index (χ0) is 14.8. The Hall–Kier alpha value is -1.72. The molecule has 2 heterocycles.